The monoisotopic (exact) mass is 593 g/mol. The van der Waals surface area contributed by atoms with Crippen molar-refractivity contribution in [3.8, 4) is 0 Å². The van der Waals surface area contributed by atoms with E-state index in [1.54, 1.807) is 0 Å². The summed E-state index contributed by atoms with van der Waals surface area (Å²) in [5.74, 6) is 2.66. The van der Waals surface area contributed by atoms with Crippen molar-refractivity contribution in [1.29, 1.82) is 0 Å². The van der Waals surface area contributed by atoms with Crippen LogP contribution < -0.4 is 0 Å². The Labute approximate surface area is 259 Å². The third kappa shape index (κ3) is 6.91. The fraction of sp³-hybridized carbons (Fsp3) is 0.730. The summed E-state index contributed by atoms with van der Waals surface area (Å²) >= 11 is 0. The predicted molar refractivity (Wildman–Crippen MR) is 169 cm³/mol. The molecule has 6 nitrogen and oxygen atoms in total. The van der Waals surface area contributed by atoms with E-state index in [0.717, 1.165) is 80.6 Å². The molecular formula is C37H55NO5. The molecule has 1 heterocycles. The fourth-order valence-corrected chi connectivity index (χ4v) is 8.37. The number of ether oxygens (including phenoxy) is 1. The first-order chi connectivity index (χ1) is 20.6. The van der Waals surface area contributed by atoms with Crippen LogP contribution in [-0.4, -0.2) is 39.5 Å². The highest BCUT2D eigenvalue weighted by atomic mass is 16.5. The second kappa shape index (κ2) is 13.4. The van der Waals surface area contributed by atoms with Gasteiger partial charge in [-0.25, -0.2) is 4.98 Å². The van der Waals surface area contributed by atoms with Crippen LogP contribution >= 0.6 is 0 Å². The van der Waals surface area contributed by atoms with Gasteiger partial charge in [0, 0.05) is 12.8 Å². The first-order valence-electron chi connectivity index (χ1n) is 17.2. The molecule has 2 N–H and O–H groups in total. The van der Waals surface area contributed by atoms with Crippen molar-refractivity contribution in [3.05, 3.63) is 53.3 Å². The number of nitrogens with zero attached hydrogens (tertiary/aromatic N) is 1. The molecule has 0 spiro atoms. The SMILES string of the molecule is C=C1/C(=C\C=C2/CCCC3(C)C(CCCC(OC(=O)C(C)C)C4(c5ncc(CCCC)o5)CC4)CCC23)C[C@@H](O)C[C@@H]1O. The van der Waals surface area contributed by atoms with Crippen LogP contribution in [0.25, 0.3) is 0 Å². The van der Waals surface area contributed by atoms with E-state index in [1.165, 1.54) is 31.3 Å². The molecule has 0 amide bonds. The summed E-state index contributed by atoms with van der Waals surface area (Å²) in [6, 6.07) is 0. The molecule has 4 saturated carbocycles. The fourth-order valence-electron chi connectivity index (χ4n) is 8.37. The molecular weight excluding hydrogens is 538 g/mol. The molecule has 6 atom stereocenters. The zero-order valence-corrected chi connectivity index (χ0v) is 27.1. The number of allylic oxidation sites excluding steroid dienone is 3. The highest BCUT2D eigenvalue weighted by molar-refractivity contribution is 5.72. The van der Waals surface area contributed by atoms with Gasteiger partial charge in [-0.3, -0.25) is 4.79 Å². The number of carbonyl (C=O) groups is 1. The van der Waals surface area contributed by atoms with Crippen molar-refractivity contribution in [2.75, 3.05) is 0 Å². The van der Waals surface area contributed by atoms with E-state index in [2.05, 4.69) is 32.6 Å². The summed E-state index contributed by atoms with van der Waals surface area (Å²) < 4.78 is 12.5. The molecule has 4 aliphatic rings. The minimum absolute atomic E-state index is 0.126. The van der Waals surface area contributed by atoms with Gasteiger partial charge in [0.15, 0.2) is 0 Å². The standard InChI is InChI=1S/C37H55NO5/c1-6-7-12-30-23-38-35(42-30)37(19-20-37)33(43-34(41)24(2)3)13-8-11-28-16-17-31-26(10-9-18-36(28,31)5)14-15-27-21-29(39)22-32(40)25(27)4/h14-15,23-24,28-29,31-33,39-40H,4,6-13,16-22H2,1-3,5H3/b26-14+,27-15-/t28?,29-,31?,32+,33?,36?/m1/s1. The van der Waals surface area contributed by atoms with Crippen LogP contribution in [0.15, 0.2) is 46.1 Å². The van der Waals surface area contributed by atoms with Gasteiger partial charge in [0.2, 0.25) is 5.89 Å². The zero-order valence-electron chi connectivity index (χ0n) is 27.1. The Bertz CT molecular complexity index is 1210. The van der Waals surface area contributed by atoms with E-state index in [-0.39, 0.29) is 28.8 Å². The molecule has 0 saturated heterocycles. The summed E-state index contributed by atoms with van der Waals surface area (Å²) in [6.45, 7) is 12.6. The zero-order chi connectivity index (χ0) is 30.8. The number of aromatic nitrogens is 1. The smallest absolute Gasteiger partial charge is 0.308 e. The largest absolute Gasteiger partial charge is 0.461 e. The summed E-state index contributed by atoms with van der Waals surface area (Å²) in [7, 11) is 0. The molecule has 238 valence electrons. The number of carbonyl (C=O) groups excluding carboxylic acids is 1. The van der Waals surface area contributed by atoms with E-state index in [0.29, 0.717) is 24.7 Å². The first-order valence-corrected chi connectivity index (χ1v) is 17.2. The van der Waals surface area contributed by atoms with Crippen LogP contribution in [0.2, 0.25) is 0 Å². The van der Waals surface area contributed by atoms with Crippen LogP contribution in [0.1, 0.15) is 129 Å². The number of hydrogen-bond donors (Lipinski definition) is 2. The second-order valence-corrected chi connectivity index (χ2v) is 14.7. The van der Waals surface area contributed by atoms with E-state index >= 15 is 0 Å². The lowest BCUT2D eigenvalue weighted by atomic mass is 9.62. The molecule has 0 radical (unpaired) electrons. The Balaban J connectivity index is 1.25. The minimum Gasteiger partial charge on any atom is -0.461 e. The maximum absolute atomic E-state index is 12.8. The van der Waals surface area contributed by atoms with E-state index in [9.17, 15) is 15.0 Å². The third-order valence-corrected chi connectivity index (χ3v) is 11.3. The van der Waals surface area contributed by atoms with Crippen LogP contribution in [0.5, 0.6) is 0 Å². The lowest BCUT2D eigenvalue weighted by Crippen LogP contribution is -2.35. The molecule has 4 fully saturated rings. The average molecular weight is 594 g/mol. The van der Waals surface area contributed by atoms with Gasteiger partial charge in [0.1, 0.15) is 11.9 Å². The summed E-state index contributed by atoms with van der Waals surface area (Å²) in [6.07, 6.45) is 20.0. The van der Waals surface area contributed by atoms with Crippen LogP contribution in [0.3, 0.4) is 0 Å². The first kappa shape index (κ1) is 32.2. The van der Waals surface area contributed by atoms with Crippen molar-refractivity contribution in [2.24, 2.45) is 23.2 Å². The van der Waals surface area contributed by atoms with E-state index < -0.39 is 12.2 Å². The van der Waals surface area contributed by atoms with Crippen molar-refractivity contribution in [3.63, 3.8) is 0 Å². The Morgan fingerprint density at radius 2 is 2.00 bits per heavy atom. The maximum atomic E-state index is 12.8. The number of unbranched alkanes of at least 4 members (excludes halogenated alkanes) is 1. The number of aryl methyl sites for hydroxylation is 1. The summed E-state index contributed by atoms with van der Waals surface area (Å²) in [5, 5.41) is 20.5. The third-order valence-electron chi connectivity index (χ3n) is 11.3. The Kier molecular flexibility index (Phi) is 10.1. The number of esters is 1. The van der Waals surface area contributed by atoms with Crippen molar-refractivity contribution < 1.29 is 24.2 Å². The summed E-state index contributed by atoms with van der Waals surface area (Å²) in [5.41, 5.74) is 3.28. The number of oxazole rings is 1. The molecule has 4 unspecified atom stereocenters. The molecule has 5 rings (SSSR count). The van der Waals surface area contributed by atoms with Gasteiger partial charge >= 0.3 is 5.97 Å². The normalized spacial score (nSPS) is 32.8. The molecule has 43 heavy (non-hydrogen) atoms. The van der Waals surface area contributed by atoms with Gasteiger partial charge in [-0.15, -0.1) is 0 Å². The topological polar surface area (TPSA) is 92.8 Å². The van der Waals surface area contributed by atoms with E-state index in [1.807, 2.05) is 20.0 Å². The number of fused-ring (bicyclic) bond motifs is 1. The minimum atomic E-state index is -0.647. The average Bonchev–Trinajstić information content (AvgIpc) is 3.51. The quantitative estimate of drug-likeness (QED) is 0.239. The van der Waals surface area contributed by atoms with Crippen molar-refractivity contribution in [2.45, 2.75) is 148 Å². The number of hydrogen-bond acceptors (Lipinski definition) is 6. The van der Waals surface area contributed by atoms with Gasteiger partial charge in [-0.2, -0.15) is 0 Å². The molecule has 4 aliphatic carbocycles. The van der Waals surface area contributed by atoms with Gasteiger partial charge in [0.25, 0.3) is 0 Å². The van der Waals surface area contributed by atoms with Gasteiger partial charge in [-0.1, -0.05) is 58.4 Å². The van der Waals surface area contributed by atoms with Gasteiger partial charge in [-0.05, 0) is 105 Å². The second-order valence-electron chi connectivity index (χ2n) is 14.7. The van der Waals surface area contributed by atoms with Crippen molar-refractivity contribution in [1.82, 2.24) is 4.98 Å². The molecule has 0 aliphatic heterocycles. The lowest BCUT2D eigenvalue weighted by molar-refractivity contribution is -0.155. The highest BCUT2D eigenvalue weighted by Gasteiger charge is 2.57. The van der Waals surface area contributed by atoms with E-state index in [4.69, 9.17) is 14.1 Å². The predicted octanol–water partition coefficient (Wildman–Crippen LogP) is 7.93. The highest BCUT2D eigenvalue weighted by Crippen LogP contribution is 2.59. The number of rotatable bonds is 12. The number of aliphatic hydroxyl groups is 2. The number of aliphatic hydroxyl groups excluding tert-OH is 2. The van der Waals surface area contributed by atoms with Gasteiger partial charge in [0.05, 0.1) is 29.7 Å². The summed E-state index contributed by atoms with van der Waals surface area (Å²) in [4.78, 5) is 17.5. The van der Waals surface area contributed by atoms with Crippen molar-refractivity contribution >= 4 is 5.97 Å². The lowest BCUT2D eigenvalue weighted by Gasteiger charge is -2.42. The van der Waals surface area contributed by atoms with Gasteiger partial charge < -0.3 is 19.4 Å². The van der Waals surface area contributed by atoms with Crippen LogP contribution in [0, 0.1) is 23.2 Å². The Morgan fingerprint density at radius 3 is 2.72 bits per heavy atom. The molecule has 6 heteroatoms. The Morgan fingerprint density at radius 1 is 1.21 bits per heavy atom. The van der Waals surface area contributed by atoms with Crippen LogP contribution in [0.4, 0.5) is 0 Å². The molecule has 0 aromatic carbocycles. The maximum Gasteiger partial charge on any atom is 0.308 e. The molecule has 1 aromatic heterocycles. The van der Waals surface area contributed by atoms with Crippen LogP contribution in [-0.2, 0) is 21.4 Å². The Hall–Kier alpha value is -2.18. The molecule has 1 aromatic rings. The molecule has 0 bridgehead atoms.